The van der Waals surface area contributed by atoms with Crippen molar-refractivity contribution in [3.63, 3.8) is 0 Å². The largest absolute Gasteiger partial charge is 1.00 e. The van der Waals surface area contributed by atoms with Gasteiger partial charge in [-0.05, 0) is 6.07 Å². The molecule has 0 aliphatic rings. The summed E-state index contributed by atoms with van der Waals surface area (Å²) in [4.78, 5) is 26.2. The monoisotopic (exact) mass is 268 g/mol. The van der Waals surface area contributed by atoms with Gasteiger partial charge in [-0.3, -0.25) is 9.78 Å². The Bertz CT molecular complexity index is 664. The van der Waals surface area contributed by atoms with Crippen LogP contribution in [0.15, 0.2) is 27.8 Å². The van der Waals surface area contributed by atoms with E-state index in [0.717, 1.165) is 18.2 Å². The number of hydrogen-bond donors (Lipinski definition) is 2. The number of aromatic nitrogens is 2. The average molecular weight is 268 g/mol. The number of benzene rings is 1. The second kappa shape index (κ2) is 5.11. The summed E-state index contributed by atoms with van der Waals surface area (Å²) in [6.45, 7) is -5.15. The quantitative estimate of drug-likeness (QED) is 0.552. The van der Waals surface area contributed by atoms with E-state index in [4.69, 9.17) is 0 Å². The van der Waals surface area contributed by atoms with Crippen molar-refractivity contribution in [1.82, 2.24) is 9.97 Å². The number of fused-ring (bicyclic) bond motifs is 1. The fourth-order valence-electron chi connectivity index (χ4n) is 1.39. The van der Waals surface area contributed by atoms with E-state index >= 15 is 0 Å². The van der Waals surface area contributed by atoms with E-state index in [1.165, 1.54) is 0 Å². The SMILES string of the molecule is O=c1[nH]c(=O)c2cc([B-](F)(F)F)ccc2[nH]1.[K+]. The molecule has 17 heavy (non-hydrogen) atoms. The van der Waals surface area contributed by atoms with Gasteiger partial charge < -0.3 is 17.9 Å². The van der Waals surface area contributed by atoms with E-state index in [-0.39, 0.29) is 62.3 Å². The third kappa shape index (κ3) is 3.10. The van der Waals surface area contributed by atoms with E-state index in [0.29, 0.717) is 0 Å². The summed E-state index contributed by atoms with van der Waals surface area (Å²) in [5.41, 5.74) is -2.37. The van der Waals surface area contributed by atoms with Crippen LogP contribution in [-0.2, 0) is 0 Å². The molecule has 0 bridgehead atoms. The van der Waals surface area contributed by atoms with Crippen molar-refractivity contribution in [2.45, 2.75) is 0 Å². The van der Waals surface area contributed by atoms with Gasteiger partial charge in [-0.2, -0.15) is 0 Å². The second-order valence-electron chi connectivity index (χ2n) is 3.29. The van der Waals surface area contributed by atoms with Crippen LogP contribution in [0, 0.1) is 0 Å². The first-order valence-corrected chi connectivity index (χ1v) is 4.34. The molecule has 2 aromatic rings. The molecule has 0 radical (unpaired) electrons. The summed E-state index contributed by atoms with van der Waals surface area (Å²) in [7, 11) is 0. The van der Waals surface area contributed by atoms with E-state index < -0.39 is 23.7 Å². The Morgan fingerprint density at radius 1 is 1.06 bits per heavy atom. The fourth-order valence-corrected chi connectivity index (χ4v) is 1.39. The molecule has 4 nitrogen and oxygen atoms in total. The Balaban J connectivity index is 0.00000144. The van der Waals surface area contributed by atoms with E-state index in [1.54, 1.807) is 0 Å². The van der Waals surface area contributed by atoms with Crippen LogP contribution in [0.2, 0.25) is 0 Å². The molecule has 2 N–H and O–H groups in total. The van der Waals surface area contributed by atoms with Gasteiger partial charge in [0.25, 0.3) is 5.56 Å². The topological polar surface area (TPSA) is 65.7 Å². The second-order valence-corrected chi connectivity index (χ2v) is 3.29. The van der Waals surface area contributed by atoms with Crippen LogP contribution in [0.3, 0.4) is 0 Å². The molecule has 0 amide bonds. The van der Waals surface area contributed by atoms with Gasteiger partial charge >= 0.3 is 64.1 Å². The standard InChI is InChI=1S/C8H5BF3N2O2.K/c10-9(11,12)4-1-2-6-5(3-4)7(15)14-8(16)13-6;/h1-3H,(H2,13,14,15,16);/q-1;+1. The molecule has 0 aliphatic heterocycles. The smallest absolute Gasteiger partial charge is 0.445 e. The zero-order chi connectivity index (χ0) is 11.9. The molecule has 9 heteroatoms. The summed E-state index contributed by atoms with van der Waals surface area (Å²) in [6, 6.07) is 2.62. The first-order valence-electron chi connectivity index (χ1n) is 4.34. The normalized spacial score (nSPS) is 11.2. The van der Waals surface area contributed by atoms with Gasteiger partial charge in [-0.15, -0.1) is 5.46 Å². The molecule has 1 aromatic heterocycles. The molecule has 0 aliphatic carbocycles. The molecule has 0 unspecified atom stereocenters. The predicted octanol–water partition coefficient (Wildman–Crippen LogP) is -2.73. The van der Waals surface area contributed by atoms with Gasteiger partial charge in [0.2, 0.25) is 0 Å². The fraction of sp³-hybridized carbons (Fsp3) is 0. The van der Waals surface area contributed by atoms with E-state index in [1.807, 2.05) is 4.98 Å². The Hall–Kier alpha value is -0.349. The van der Waals surface area contributed by atoms with Gasteiger partial charge in [0.05, 0.1) is 10.9 Å². The number of aromatic amines is 2. The summed E-state index contributed by atoms with van der Waals surface area (Å²) >= 11 is 0. The van der Waals surface area contributed by atoms with Crippen molar-refractivity contribution in [2.75, 3.05) is 0 Å². The number of halogens is 3. The molecule has 0 saturated heterocycles. The Labute approximate surface area is 135 Å². The van der Waals surface area contributed by atoms with Crippen LogP contribution in [0.5, 0.6) is 0 Å². The van der Waals surface area contributed by atoms with Crippen molar-refractivity contribution in [1.29, 1.82) is 0 Å². The zero-order valence-corrected chi connectivity index (χ0v) is 11.9. The van der Waals surface area contributed by atoms with Crippen LogP contribution >= 0.6 is 0 Å². The molecular weight excluding hydrogens is 263 g/mol. The first kappa shape index (κ1) is 14.7. The summed E-state index contributed by atoms with van der Waals surface area (Å²) in [6.07, 6.45) is 0. The summed E-state index contributed by atoms with van der Waals surface area (Å²) in [5.74, 6) is 0. The van der Waals surface area contributed by atoms with Crippen LogP contribution in [0.1, 0.15) is 0 Å². The minimum Gasteiger partial charge on any atom is -0.445 e. The molecule has 0 fully saturated rings. The van der Waals surface area contributed by atoms with Gasteiger partial charge in [-0.25, -0.2) is 4.79 Å². The van der Waals surface area contributed by atoms with Crippen molar-refractivity contribution in [3.05, 3.63) is 39.0 Å². The van der Waals surface area contributed by atoms with Gasteiger partial charge in [0.15, 0.2) is 0 Å². The number of H-pyrrole nitrogens is 2. The minimum absolute atomic E-state index is 0. The summed E-state index contributed by atoms with van der Waals surface area (Å²) in [5, 5.41) is -0.184. The van der Waals surface area contributed by atoms with Crippen molar-refractivity contribution in [2.24, 2.45) is 0 Å². The molecule has 1 aromatic carbocycles. The molecule has 0 atom stereocenters. The van der Waals surface area contributed by atoms with Crippen LogP contribution < -0.4 is 68.1 Å². The van der Waals surface area contributed by atoms with Crippen molar-refractivity contribution in [3.8, 4) is 0 Å². The van der Waals surface area contributed by atoms with Gasteiger partial charge in [0.1, 0.15) is 0 Å². The summed E-state index contributed by atoms with van der Waals surface area (Å²) < 4.78 is 37.2. The van der Waals surface area contributed by atoms with Crippen LogP contribution in [-0.4, -0.2) is 16.9 Å². The minimum atomic E-state index is -5.15. The van der Waals surface area contributed by atoms with Crippen LogP contribution in [0.4, 0.5) is 12.9 Å². The molecule has 0 saturated carbocycles. The Morgan fingerprint density at radius 3 is 2.29 bits per heavy atom. The molecule has 1 heterocycles. The van der Waals surface area contributed by atoms with Crippen molar-refractivity contribution < 1.29 is 64.3 Å². The van der Waals surface area contributed by atoms with Gasteiger partial charge in [0, 0.05) is 0 Å². The first-order chi connectivity index (χ1) is 7.38. The zero-order valence-electron chi connectivity index (χ0n) is 8.76. The maximum Gasteiger partial charge on any atom is 1.00 e. The molecular formula is C8H5BF3KN2O2. The Morgan fingerprint density at radius 2 is 1.71 bits per heavy atom. The maximum absolute atomic E-state index is 12.4. The Kier molecular flexibility index (Phi) is 4.42. The molecule has 84 valence electrons. The number of rotatable bonds is 1. The van der Waals surface area contributed by atoms with Gasteiger partial charge in [-0.1, -0.05) is 12.1 Å². The predicted molar refractivity (Wildman–Crippen MR) is 53.9 cm³/mol. The van der Waals surface area contributed by atoms with Crippen LogP contribution in [0.25, 0.3) is 10.9 Å². The number of nitrogens with one attached hydrogen (secondary N) is 2. The van der Waals surface area contributed by atoms with E-state index in [2.05, 4.69) is 4.98 Å². The third-order valence-corrected chi connectivity index (χ3v) is 2.14. The maximum atomic E-state index is 12.4. The molecule has 0 spiro atoms. The molecule has 2 rings (SSSR count). The third-order valence-electron chi connectivity index (χ3n) is 2.14. The average Bonchev–Trinajstić information content (AvgIpc) is 2.15. The van der Waals surface area contributed by atoms with Crippen molar-refractivity contribution >= 4 is 23.3 Å². The van der Waals surface area contributed by atoms with E-state index in [9.17, 15) is 22.5 Å². The number of hydrogen-bond acceptors (Lipinski definition) is 2.